The van der Waals surface area contributed by atoms with E-state index in [4.69, 9.17) is 9.26 Å². The summed E-state index contributed by atoms with van der Waals surface area (Å²) in [4.78, 5) is 4.41. The molecule has 1 aromatic heterocycles. The fourth-order valence-corrected chi connectivity index (χ4v) is 2.20. The van der Waals surface area contributed by atoms with E-state index in [1.807, 2.05) is 45.0 Å². The molecule has 1 atom stereocenters. The molecule has 1 heterocycles. The number of halogens is 1. The quantitative estimate of drug-likeness (QED) is 0.310. The van der Waals surface area contributed by atoms with Crippen LogP contribution >= 0.6 is 24.0 Å². The second-order valence-corrected chi connectivity index (χ2v) is 5.82. The first-order chi connectivity index (χ1) is 12.1. The largest absolute Gasteiger partial charge is 0.491 e. The van der Waals surface area contributed by atoms with Crippen LogP contribution in [-0.2, 0) is 6.54 Å². The number of aliphatic hydroxyl groups is 1. The van der Waals surface area contributed by atoms with E-state index in [2.05, 4.69) is 20.8 Å². The summed E-state index contributed by atoms with van der Waals surface area (Å²) in [5, 5.41) is 20.5. The Morgan fingerprint density at radius 2 is 2.12 bits per heavy atom. The molecule has 26 heavy (non-hydrogen) atoms. The monoisotopic (exact) mass is 474 g/mol. The maximum Gasteiger partial charge on any atom is 0.191 e. The summed E-state index contributed by atoms with van der Waals surface area (Å²) in [7, 11) is 0. The maximum absolute atomic E-state index is 10.4. The number of benzene rings is 1. The molecule has 0 spiro atoms. The van der Waals surface area contributed by atoms with Crippen LogP contribution in [0.5, 0.6) is 5.75 Å². The van der Waals surface area contributed by atoms with E-state index in [0.717, 1.165) is 23.6 Å². The van der Waals surface area contributed by atoms with Gasteiger partial charge in [0.25, 0.3) is 0 Å². The normalized spacial score (nSPS) is 12.4. The highest BCUT2D eigenvalue weighted by Crippen LogP contribution is 2.19. The number of hydrogen-bond donors (Lipinski definition) is 3. The van der Waals surface area contributed by atoms with Gasteiger partial charge >= 0.3 is 0 Å². The molecular weight excluding hydrogens is 447 g/mol. The van der Waals surface area contributed by atoms with Crippen molar-refractivity contribution in [2.24, 2.45) is 4.99 Å². The molecule has 0 aliphatic carbocycles. The van der Waals surface area contributed by atoms with Crippen molar-refractivity contribution >= 4 is 29.9 Å². The zero-order chi connectivity index (χ0) is 18.1. The van der Waals surface area contributed by atoms with Gasteiger partial charge in [0.2, 0.25) is 0 Å². The number of nitrogens with one attached hydrogen (secondary N) is 2. The Labute approximate surface area is 171 Å². The maximum atomic E-state index is 10.4. The van der Waals surface area contributed by atoms with Gasteiger partial charge in [0, 0.05) is 19.2 Å². The zero-order valence-corrected chi connectivity index (χ0v) is 17.6. The van der Waals surface area contributed by atoms with E-state index in [1.54, 1.807) is 6.07 Å². The van der Waals surface area contributed by atoms with Crippen LogP contribution in [0.15, 0.2) is 46.1 Å². The molecule has 144 valence electrons. The molecule has 0 amide bonds. The minimum atomic E-state index is -0.674. The number of nitrogens with zero attached hydrogens (tertiary/aromatic N) is 2. The minimum absolute atomic E-state index is 0. The molecule has 0 aliphatic heterocycles. The van der Waals surface area contributed by atoms with Gasteiger partial charge in [-0.25, -0.2) is 4.99 Å². The van der Waals surface area contributed by atoms with Gasteiger partial charge < -0.3 is 25.0 Å². The first-order valence-electron chi connectivity index (χ1n) is 8.44. The number of hydrogen-bond acceptors (Lipinski definition) is 5. The Hall–Kier alpha value is -1.81. The number of aliphatic imine (C=N–C) groups is 1. The van der Waals surface area contributed by atoms with Crippen LogP contribution in [0.3, 0.4) is 0 Å². The number of aromatic nitrogens is 1. The molecule has 7 nitrogen and oxygen atoms in total. The Morgan fingerprint density at radius 1 is 1.31 bits per heavy atom. The fraction of sp³-hybridized carbons (Fsp3) is 0.444. The average molecular weight is 474 g/mol. The first-order valence-corrected chi connectivity index (χ1v) is 8.44. The number of rotatable bonds is 8. The van der Waals surface area contributed by atoms with Crippen molar-refractivity contribution in [3.8, 4) is 5.75 Å². The lowest BCUT2D eigenvalue weighted by molar-refractivity contribution is 0.179. The standard InChI is InChI=1S/C18H26N4O3.HI/c1-4-19-18(20-11-15-8-9-24-22-15)21-12-17(23)14-6-5-7-16(10-14)25-13(2)3;/h5-10,13,17,23H,4,11-12H2,1-3H3,(H2,19,20,21);1H. The minimum Gasteiger partial charge on any atom is -0.491 e. The van der Waals surface area contributed by atoms with Crippen molar-refractivity contribution in [3.63, 3.8) is 0 Å². The van der Waals surface area contributed by atoms with E-state index >= 15 is 0 Å². The third-order valence-electron chi connectivity index (χ3n) is 3.31. The summed E-state index contributed by atoms with van der Waals surface area (Å²) >= 11 is 0. The lowest BCUT2D eigenvalue weighted by Gasteiger charge is -2.17. The molecule has 0 bridgehead atoms. The fourth-order valence-electron chi connectivity index (χ4n) is 2.20. The van der Waals surface area contributed by atoms with E-state index in [9.17, 15) is 5.11 Å². The Bertz CT molecular complexity index is 662. The molecule has 8 heteroatoms. The molecule has 0 saturated carbocycles. The number of aliphatic hydroxyl groups excluding tert-OH is 1. The van der Waals surface area contributed by atoms with Crippen molar-refractivity contribution in [3.05, 3.63) is 47.9 Å². The molecule has 1 aromatic carbocycles. The van der Waals surface area contributed by atoms with E-state index in [-0.39, 0.29) is 30.1 Å². The van der Waals surface area contributed by atoms with Gasteiger partial charge in [0.05, 0.1) is 18.8 Å². The van der Waals surface area contributed by atoms with Crippen molar-refractivity contribution in [1.82, 2.24) is 15.8 Å². The van der Waals surface area contributed by atoms with Crippen LogP contribution in [-0.4, -0.2) is 35.4 Å². The van der Waals surface area contributed by atoms with Crippen LogP contribution in [0.2, 0.25) is 0 Å². The van der Waals surface area contributed by atoms with Gasteiger partial charge in [0.15, 0.2) is 5.96 Å². The SMILES string of the molecule is CCNC(=NCc1ccon1)NCC(O)c1cccc(OC(C)C)c1.I. The Balaban J connectivity index is 0.00000338. The first kappa shape index (κ1) is 22.2. The summed E-state index contributed by atoms with van der Waals surface area (Å²) in [6.07, 6.45) is 0.933. The number of ether oxygens (including phenoxy) is 1. The van der Waals surface area contributed by atoms with Gasteiger partial charge in [-0.1, -0.05) is 17.3 Å². The average Bonchev–Trinajstić information content (AvgIpc) is 3.10. The van der Waals surface area contributed by atoms with Crippen LogP contribution in [0.25, 0.3) is 0 Å². The summed E-state index contributed by atoms with van der Waals surface area (Å²) < 4.78 is 10.5. The zero-order valence-electron chi connectivity index (χ0n) is 15.3. The van der Waals surface area contributed by atoms with E-state index in [0.29, 0.717) is 19.0 Å². The highest BCUT2D eigenvalue weighted by molar-refractivity contribution is 14.0. The third kappa shape index (κ3) is 7.61. The van der Waals surface area contributed by atoms with Gasteiger partial charge in [-0.2, -0.15) is 0 Å². The third-order valence-corrected chi connectivity index (χ3v) is 3.31. The van der Waals surface area contributed by atoms with Crippen molar-refractivity contribution in [2.75, 3.05) is 13.1 Å². The van der Waals surface area contributed by atoms with Crippen LogP contribution < -0.4 is 15.4 Å². The van der Waals surface area contributed by atoms with Gasteiger partial charge in [-0.3, -0.25) is 0 Å². The Kier molecular flexibility index (Phi) is 10.0. The molecule has 0 aliphatic rings. The highest BCUT2D eigenvalue weighted by Gasteiger charge is 2.10. The second-order valence-electron chi connectivity index (χ2n) is 5.82. The van der Waals surface area contributed by atoms with Gasteiger partial charge in [0.1, 0.15) is 17.7 Å². The molecule has 3 N–H and O–H groups in total. The van der Waals surface area contributed by atoms with Gasteiger partial charge in [-0.15, -0.1) is 24.0 Å². The molecule has 0 fully saturated rings. The molecule has 0 radical (unpaired) electrons. The summed E-state index contributed by atoms with van der Waals surface area (Å²) in [6, 6.07) is 9.25. The Morgan fingerprint density at radius 3 is 2.77 bits per heavy atom. The molecule has 1 unspecified atom stereocenters. The predicted octanol–water partition coefficient (Wildman–Crippen LogP) is 2.87. The van der Waals surface area contributed by atoms with Crippen molar-refractivity contribution < 1.29 is 14.4 Å². The van der Waals surface area contributed by atoms with Crippen molar-refractivity contribution in [2.45, 2.75) is 39.5 Å². The predicted molar refractivity (Wildman–Crippen MR) is 112 cm³/mol. The van der Waals surface area contributed by atoms with Crippen molar-refractivity contribution in [1.29, 1.82) is 0 Å². The van der Waals surface area contributed by atoms with Gasteiger partial charge in [-0.05, 0) is 38.5 Å². The molecular formula is C18H27IN4O3. The highest BCUT2D eigenvalue weighted by atomic mass is 127. The molecule has 2 aromatic rings. The number of guanidine groups is 1. The summed E-state index contributed by atoms with van der Waals surface area (Å²) in [6.45, 7) is 7.38. The topological polar surface area (TPSA) is 91.9 Å². The van der Waals surface area contributed by atoms with E-state index in [1.165, 1.54) is 6.26 Å². The lowest BCUT2D eigenvalue weighted by Crippen LogP contribution is -2.39. The van der Waals surface area contributed by atoms with Crippen LogP contribution in [0.1, 0.15) is 38.1 Å². The molecule has 0 saturated heterocycles. The smallest absolute Gasteiger partial charge is 0.191 e. The summed E-state index contributed by atoms with van der Waals surface area (Å²) in [5.74, 6) is 1.36. The molecule has 2 rings (SSSR count). The van der Waals surface area contributed by atoms with Crippen LogP contribution in [0, 0.1) is 0 Å². The summed E-state index contributed by atoms with van der Waals surface area (Å²) in [5.41, 5.74) is 1.54. The second kappa shape index (κ2) is 11.7. The van der Waals surface area contributed by atoms with E-state index < -0.39 is 6.10 Å². The lowest BCUT2D eigenvalue weighted by atomic mass is 10.1. The van der Waals surface area contributed by atoms with Crippen LogP contribution in [0.4, 0.5) is 0 Å².